The third-order valence-electron chi connectivity index (χ3n) is 3.99. The van der Waals surface area contributed by atoms with Crippen LogP contribution in [0, 0.1) is 6.92 Å². The molecule has 5 heteroatoms. The highest BCUT2D eigenvalue weighted by Gasteiger charge is 2.40. The zero-order valence-corrected chi connectivity index (χ0v) is 15.0. The van der Waals surface area contributed by atoms with E-state index in [0.29, 0.717) is 5.25 Å². The molecule has 1 fully saturated rings. The molecule has 2 rings (SSSR count). The minimum atomic E-state index is -0.00795. The third-order valence-corrected chi connectivity index (χ3v) is 5.99. The largest absolute Gasteiger partial charge is 0.320 e. The first-order chi connectivity index (χ1) is 10.1. The lowest BCUT2D eigenvalue weighted by Gasteiger charge is -2.25. The van der Waals surface area contributed by atoms with Crippen molar-refractivity contribution in [3.63, 3.8) is 0 Å². The quantitative estimate of drug-likeness (QED) is 0.827. The Kier molecular flexibility index (Phi) is 6.14. The van der Waals surface area contributed by atoms with Crippen LogP contribution < -0.4 is 5.32 Å². The van der Waals surface area contributed by atoms with E-state index in [1.807, 2.05) is 16.7 Å². The van der Waals surface area contributed by atoms with E-state index in [4.69, 9.17) is 0 Å². The summed E-state index contributed by atoms with van der Waals surface area (Å²) in [7, 11) is 0. The van der Waals surface area contributed by atoms with Gasteiger partial charge in [-0.25, -0.2) is 0 Å². The Morgan fingerprint density at radius 2 is 2.24 bits per heavy atom. The number of nitrogens with zero attached hydrogens (tertiary/aromatic N) is 1. The van der Waals surface area contributed by atoms with Crippen LogP contribution >= 0.6 is 23.1 Å². The number of nitrogens with one attached hydrogen (secondary N) is 1. The first-order valence-corrected chi connectivity index (χ1v) is 9.83. The molecule has 2 heterocycles. The maximum Gasteiger partial charge on any atom is 0.241 e. The van der Waals surface area contributed by atoms with Crippen LogP contribution in [-0.2, 0) is 4.79 Å². The van der Waals surface area contributed by atoms with Gasteiger partial charge in [0.1, 0.15) is 6.17 Å². The van der Waals surface area contributed by atoms with Crippen LogP contribution in [0.5, 0.6) is 0 Å². The van der Waals surface area contributed by atoms with Crippen molar-refractivity contribution in [2.75, 3.05) is 12.8 Å². The van der Waals surface area contributed by atoms with E-state index >= 15 is 0 Å². The summed E-state index contributed by atoms with van der Waals surface area (Å²) in [5, 5.41) is 4.02. The minimum absolute atomic E-state index is 0.00795. The standard InChI is InChI=1S/C16H26N2OS2/c1-5-6-7-13-16(19)18(10-12(3)20-4)15(17-13)14-9-8-11(2)21-14/h8-9,12-13,15,17H,5-7,10H2,1-4H3. The van der Waals surface area contributed by atoms with Crippen molar-refractivity contribution < 1.29 is 4.79 Å². The number of hydrogen-bond donors (Lipinski definition) is 1. The Balaban J connectivity index is 2.16. The lowest BCUT2D eigenvalue weighted by molar-refractivity contribution is -0.130. The Hall–Kier alpha value is -0.520. The van der Waals surface area contributed by atoms with Gasteiger partial charge in [0.25, 0.3) is 0 Å². The second kappa shape index (κ2) is 7.65. The molecule has 1 aliphatic rings. The van der Waals surface area contributed by atoms with Gasteiger partial charge in [0.2, 0.25) is 5.91 Å². The molecule has 0 radical (unpaired) electrons. The summed E-state index contributed by atoms with van der Waals surface area (Å²) < 4.78 is 0. The summed E-state index contributed by atoms with van der Waals surface area (Å²) in [6, 6.07) is 4.29. The fraction of sp³-hybridized carbons (Fsp3) is 0.688. The number of thiophene rings is 1. The second-order valence-electron chi connectivity index (χ2n) is 5.75. The van der Waals surface area contributed by atoms with Crippen LogP contribution in [0.1, 0.15) is 49.0 Å². The molecule has 21 heavy (non-hydrogen) atoms. The summed E-state index contributed by atoms with van der Waals surface area (Å²) in [6.45, 7) is 7.30. The highest BCUT2D eigenvalue weighted by atomic mass is 32.2. The Morgan fingerprint density at radius 3 is 2.81 bits per heavy atom. The summed E-state index contributed by atoms with van der Waals surface area (Å²) >= 11 is 3.61. The predicted molar refractivity (Wildman–Crippen MR) is 92.9 cm³/mol. The van der Waals surface area contributed by atoms with Crippen LogP contribution in [0.15, 0.2) is 12.1 Å². The van der Waals surface area contributed by atoms with Gasteiger partial charge in [0.15, 0.2) is 0 Å². The molecule has 1 aliphatic heterocycles. The van der Waals surface area contributed by atoms with Gasteiger partial charge in [-0.3, -0.25) is 10.1 Å². The topological polar surface area (TPSA) is 32.3 Å². The molecule has 0 aromatic carbocycles. The van der Waals surface area contributed by atoms with Crippen molar-refractivity contribution >= 4 is 29.0 Å². The molecule has 0 saturated carbocycles. The van der Waals surface area contributed by atoms with Crippen molar-refractivity contribution in [1.29, 1.82) is 0 Å². The van der Waals surface area contributed by atoms with Gasteiger partial charge in [-0.15, -0.1) is 11.3 Å². The first-order valence-electron chi connectivity index (χ1n) is 7.72. The Morgan fingerprint density at radius 1 is 1.48 bits per heavy atom. The summed E-state index contributed by atoms with van der Waals surface area (Å²) in [4.78, 5) is 17.3. The Labute approximate surface area is 136 Å². The summed E-state index contributed by atoms with van der Waals surface area (Å²) in [5.41, 5.74) is 0. The molecule has 1 saturated heterocycles. The minimum Gasteiger partial charge on any atom is -0.320 e. The van der Waals surface area contributed by atoms with Gasteiger partial charge in [-0.05, 0) is 31.7 Å². The van der Waals surface area contributed by atoms with Gasteiger partial charge >= 0.3 is 0 Å². The highest BCUT2D eigenvalue weighted by molar-refractivity contribution is 7.99. The van der Waals surface area contributed by atoms with Crippen molar-refractivity contribution in [2.24, 2.45) is 0 Å². The number of unbranched alkanes of at least 4 members (excludes halogenated alkanes) is 1. The van der Waals surface area contributed by atoms with Crippen LogP contribution in [-0.4, -0.2) is 34.9 Å². The molecule has 0 bridgehead atoms. The van der Waals surface area contributed by atoms with Crippen LogP contribution in [0.4, 0.5) is 0 Å². The maximum absolute atomic E-state index is 12.7. The molecule has 0 spiro atoms. The van der Waals surface area contributed by atoms with E-state index in [2.05, 4.69) is 44.5 Å². The number of hydrogen-bond acceptors (Lipinski definition) is 4. The molecule has 1 N–H and O–H groups in total. The van der Waals surface area contributed by atoms with Crippen LogP contribution in [0.3, 0.4) is 0 Å². The lowest BCUT2D eigenvalue weighted by atomic mass is 10.1. The fourth-order valence-corrected chi connectivity index (χ4v) is 3.94. The fourth-order valence-electron chi connectivity index (χ4n) is 2.68. The van der Waals surface area contributed by atoms with Gasteiger partial charge < -0.3 is 4.90 Å². The van der Waals surface area contributed by atoms with Gasteiger partial charge in [-0.1, -0.05) is 26.7 Å². The summed E-state index contributed by atoms with van der Waals surface area (Å²) in [5.74, 6) is 0.278. The first kappa shape index (κ1) is 16.8. The smallest absolute Gasteiger partial charge is 0.241 e. The van der Waals surface area contributed by atoms with E-state index in [9.17, 15) is 4.79 Å². The maximum atomic E-state index is 12.7. The van der Waals surface area contributed by atoms with Crippen LogP contribution in [0.2, 0.25) is 0 Å². The molecule has 1 aromatic heterocycles. The van der Waals surface area contributed by atoms with Crippen molar-refractivity contribution in [3.05, 3.63) is 21.9 Å². The van der Waals surface area contributed by atoms with E-state index in [0.717, 1.165) is 25.8 Å². The van der Waals surface area contributed by atoms with E-state index in [1.54, 1.807) is 11.3 Å². The van der Waals surface area contributed by atoms with Crippen LogP contribution in [0.25, 0.3) is 0 Å². The highest BCUT2D eigenvalue weighted by Crippen LogP contribution is 2.32. The zero-order chi connectivity index (χ0) is 15.4. The van der Waals surface area contributed by atoms with Crippen molar-refractivity contribution in [2.45, 2.75) is 57.5 Å². The van der Waals surface area contributed by atoms with Gasteiger partial charge in [0, 0.05) is 21.5 Å². The number of aryl methyl sites for hydroxylation is 1. The van der Waals surface area contributed by atoms with Crippen molar-refractivity contribution in [3.8, 4) is 0 Å². The molecule has 3 nitrogen and oxygen atoms in total. The monoisotopic (exact) mass is 326 g/mol. The number of thioether (sulfide) groups is 1. The number of rotatable bonds is 7. The molecule has 3 atom stereocenters. The number of amides is 1. The third kappa shape index (κ3) is 4.02. The molecule has 118 valence electrons. The number of carbonyl (C=O) groups is 1. The van der Waals surface area contributed by atoms with Gasteiger partial charge in [0.05, 0.1) is 6.04 Å². The molecule has 1 aromatic rings. The normalized spacial score (nSPS) is 23.8. The number of carbonyl (C=O) groups excluding carboxylic acids is 1. The van der Waals surface area contributed by atoms with Gasteiger partial charge in [-0.2, -0.15) is 11.8 Å². The lowest BCUT2D eigenvalue weighted by Crippen LogP contribution is -2.35. The van der Waals surface area contributed by atoms with E-state index in [-0.39, 0.29) is 18.1 Å². The predicted octanol–water partition coefficient (Wildman–Crippen LogP) is 3.80. The molecular weight excluding hydrogens is 300 g/mol. The SMILES string of the molecule is CCCCC1NC(c2ccc(C)s2)N(CC(C)SC)C1=O. The molecule has 0 aliphatic carbocycles. The average molecular weight is 327 g/mol. The Bertz CT molecular complexity index is 475. The summed E-state index contributed by atoms with van der Waals surface area (Å²) in [6.07, 6.45) is 5.35. The zero-order valence-electron chi connectivity index (χ0n) is 13.4. The van der Waals surface area contributed by atoms with Crippen molar-refractivity contribution in [1.82, 2.24) is 10.2 Å². The molecule has 3 unspecified atom stereocenters. The molecular formula is C16H26N2OS2. The average Bonchev–Trinajstić information content (AvgIpc) is 3.02. The van der Waals surface area contributed by atoms with E-state index < -0.39 is 0 Å². The second-order valence-corrected chi connectivity index (χ2v) is 8.34. The van der Waals surface area contributed by atoms with E-state index in [1.165, 1.54) is 9.75 Å². The molecule has 1 amide bonds.